The van der Waals surface area contributed by atoms with Gasteiger partial charge in [0.25, 0.3) is 5.89 Å². The number of aromatic nitrogens is 2. The Morgan fingerprint density at radius 2 is 2.00 bits per heavy atom. The van der Waals surface area contributed by atoms with E-state index in [0.717, 1.165) is 16.7 Å². The highest BCUT2D eigenvalue weighted by Gasteiger charge is 2.33. The maximum atomic E-state index is 12.4. The average Bonchev–Trinajstić information content (AvgIpc) is 3.23. The molecule has 2 aromatic carbocycles. The zero-order valence-electron chi connectivity index (χ0n) is 15.0. The predicted molar refractivity (Wildman–Crippen MR) is 98.4 cm³/mol. The Kier molecular flexibility index (Phi) is 4.29. The van der Waals surface area contributed by atoms with Crippen LogP contribution in [0, 0.1) is 13.8 Å². The van der Waals surface area contributed by atoms with E-state index in [2.05, 4.69) is 35.3 Å². The summed E-state index contributed by atoms with van der Waals surface area (Å²) in [7, 11) is 0. The summed E-state index contributed by atoms with van der Waals surface area (Å²) < 4.78 is 5.46. The minimum Gasteiger partial charge on any atom is -0.338 e. The maximum Gasteiger partial charge on any atom is 0.258 e. The lowest BCUT2D eigenvalue weighted by molar-refractivity contribution is -0.128. The second-order valence-electron chi connectivity index (χ2n) is 6.94. The quantitative estimate of drug-likeness (QED) is 0.719. The predicted octanol–water partition coefficient (Wildman–Crippen LogP) is 3.87. The van der Waals surface area contributed by atoms with Crippen LogP contribution >= 0.6 is 0 Å². The van der Waals surface area contributed by atoms with E-state index in [4.69, 9.17) is 4.52 Å². The fraction of sp³-hybridized carbons (Fsp3) is 0.286. The van der Waals surface area contributed by atoms with Crippen molar-refractivity contribution in [1.29, 1.82) is 0 Å². The first kappa shape index (κ1) is 16.5. The monoisotopic (exact) mass is 347 g/mol. The molecule has 1 unspecified atom stereocenters. The number of aryl methyl sites for hydroxylation is 2. The highest BCUT2D eigenvalue weighted by Crippen LogP contribution is 2.30. The van der Waals surface area contributed by atoms with E-state index in [-0.39, 0.29) is 11.8 Å². The van der Waals surface area contributed by atoms with Gasteiger partial charge in [-0.15, -0.1) is 0 Å². The van der Waals surface area contributed by atoms with Crippen molar-refractivity contribution in [2.24, 2.45) is 0 Å². The Morgan fingerprint density at radius 1 is 1.15 bits per heavy atom. The smallest absolute Gasteiger partial charge is 0.258 e. The van der Waals surface area contributed by atoms with Crippen LogP contribution in [-0.4, -0.2) is 27.5 Å². The molecular formula is C21H21N3O2. The molecule has 1 aliphatic heterocycles. The summed E-state index contributed by atoms with van der Waals surface area (Å²) in [5.41, 5.74) is 4.37. The number of hydrogen-bond donors (Lipinski definition) is 0. The zero-order valence-corrected chi connectivity index (χ0v) is 15.0. The summed E-state index contributed by atoms with van der Waals surface area (Å²) in [5.74, 6) is 1.25. The molecule has 1 fully saturated rings. The van der Waals surface area contributed by atoms with Crippen molar-refractivity contribution in [3.63, 3.8) is 0 Å². The Morgan fingerprint density at radius 3 is 2.81 bits per heavy atom. The molecule has 132 valence electrons. The van der Waals surface area contributed by atoms with Gasteiger partial charge in [-0.25, -0.2) is 0 Å². The number of nitrogens with zero attached hydrogens (tertiary/aromatic N) is 3. The molecule has 0 radical (unpaired) electrons. The van der Waals surface area contributed by atoms with Gasteiger partial charge in [0.2, 0.25) is 5.91 Å². The highest BCUT2D eigenvalue weighted by molar-refractivity contribution is 5.79. The van der Waals surface area contributed by atoms with E-state index in [0.29, 0.717) is 31.2 Å². The van der Waals surface area contributed by atoms with E-state index in [1.165, 1.54) is 5.56 Å². The number of hydrogen-bond acceptors (Lipinski definition) is 4. The van der Waals surface area contributed by atoms with Crippen LogP contribution in [0.1, 0.15) is 34.9 Å². The van der Waals surface area contributed by atoms with Gasteiger partial charge >= 0.3 is 0 Å². The van der Waals surface area contributed by atoms with Gasteiger partial charge in [-0.05, 0) is 31.0 Å². The summed E-state index contributed by atoms with van der Waals surface area (Å²) in [6, 6.07) is 16.2. The largest absolute Gasteiger partial charge is 0.338 e. The minimum absolute atomic E-state index is 0.0196. The second-order valence-corrected chi connectivity index (χ2v) is 6.94. The fourth-order valence-corrected chi connectivity index (χ4v) is 3.45. The molecule has 1 saturated heterocycles. The molecule has 0 saturated carbocycles. The molecule has 0 spiro atoms. The van der Waals surface area contributed by atoms with Crippen LogP contribution in [0.4, 0.5) is 0 Å². The molecule has 0 N–H and O–H groups in total. The van der Waals surface area contributed by atoms with Crippen LogP contribution < -0.4 is 0 Å². The first-order valence-corrected chi connectivity index (χ1v) is 8.83. The number of benzene rings is 2. The second kappa shape index (κ2) is 6.75. The first-order chi connectivity index (χ1) is 12.6. The normalized spacial score (nSPS) is 17.1. The summed E-state index contributed by atoms with van der Waals surface area (Å²) in [6.07, 6.45) is 0.429. The number of likely N-dealkylation sites (tertiary alicyclic amines) is 1. The van der Waals surface area contributed by atoms with Crippen molar-refractivity contribution in [3.05, 3.63) is 71.0 Å². The molecular weight excluding hydrogens is 326 g/mol. The summed E-state index contributed by atoms with van der Waals surface area (Å²) in [4.78, 5) is 18.9. The summed E-state index contributed by atoms with van der Waals surface area (Å²) >= 11 is 0. The zero-order chi connectivity index (χ0) is 18.1. The summed E-state index contributed by atoms with van der Waals surface area (Å²) in [6.45, 7) is 5.32. The molecule has 1 aromatic heterocycles. The van der Waals surface area contributed by atoms with E-state index in [9.17, 15) is 4.79 Å². The molecule has 1 atom stereocenters. The summed E-state index contributed by atoms with van der Waals surface area (Å²) in [5, 5.41) is 4.14. The van der Waals surface area contributed by atoms with Gasteiger partial charge in [-0.3, -0.25) is 4.79 Å². The maximum absolute atomic E-state index is 12.4. The molecule has 3 aromatic rings. The van der Waals surface area contributed by atoms with Gasteiger partial charge in [0.05, 0.1) is 0 Å². The lowest BCUT2D eigenvalue weighted by Crippen LogP contribution is -2.24. The Labute approximate surface area is 152 Å². The number of amides is 1. The van der Waals surface area contributed by atoms with Gasteiger partial charge in [0.15, 0.2) is 5.82 Å². The minimum atomic E-state index is -0.0196. The number of carbonyl (C=O) groups excluding carboxylic acids is 1. The Balaban J connectivity index is 1.50. The molecule has 26 heavy (non-hydrogen) atoms. The van der Waals surface area contributed by atoms with E-state index in [1.807, 2.05) is 42.2 Å². The van der Waals surface area contributed by atoms with Gasteiger partial charge < -0.3 is 9.42 Å². The van der Waals surface area contributed by atoms with E-state index in [1.54, 1.807) is 0 Å². The molecule has 4 rings (SSSR count). The Bertz CT molecular complexity index is 948. The van der Waals surface area contributed by atoms with Crippen molar-refractivity contribution < 1.29 is 9.32 Å². The molecule has 5 heteroatoms. The van der Waals surface area contributed by atoms with E-state index < -0.39 is 0 Å². The van der Waals surface area contributed by atoms with E-state index >= 15 is 0 Å². The van der Waals surface area contributed by atoms with Gasteiger partial charge in [-0.2, -0.15) is 4.98 Å². The lowest BCUT2D eigenvalue weighted by atomic mass is 10.1. The fourth-order valence-electron chi connectivity index (χ4n) is 3.45. The molecule has 1 amide bonds. The highest BCUT2D eigenvalue weighted by atomic mass is 16.5. The van der Waals surface area contributed by atoms with Gasteiger partial charge in [0.1, 0.15) is 0 Å². The van der Waals surface area contributed by atoms with Crippen LogP contribution in [0.25, 0.3) is 11.5 Å². The number of rotatable bonds is 4. The van der Waals surface area contributed by atoms with Crippen LogP contribution in [0.15, 0.2) is 53.1 Å². The third-order valence-corrected chi connectivity index (χ3v) is 4.85. The molecule has 2 heterocycles. The van der Waals surface area contributed by atoms with Crippen molar-refractivity contribution in [1.82, 2.24) is 15.0 Å². The third kappa shape index (κ3) is 3.25. The number of carbonyl (C=O) groups is 1. The van der Waals surface area contributed by atoms with Gasteiger partial charge in [-0.1, -0.05) is 53.2 Å². The topological polar surface area (TPSA) is 59.2 Å². The van der Waals surface area contributed by atoms with Gasteiger partial charge in [0, 0.05) is 31.0 Å². The molecule has 5 nitrogen and oxygen atoms in total. The average molecular weight is 347 g/mol. The first-order valence-electron chi connectivity index (χ1n) is 8.83. The van der Waals surface area contributed by atoms with Crippen LogP contribution in [0.5, 0.6) is 0 Å². The van der Waals surface area contributed by atoms with Crippen molar-refractivity contribution in [2.75, 3.05) is 6.54 Å². The lowest BCUT2D eigenvalue weighted by Gasteiger charge is -2.16. The molecule has 0 aliphatic carbocycles. The standard InChI is InChI=1S/C21H21N3O2/c1-14-6-5-8-16(10-14)12-24-13-17(11-19(24)25)20-22-21(26-23-20)18-9-4-3-7-15(18)2/h3-10,17H,11-13H2,1-2H3. The Hall–Kier alpha value is -2.95. The van der Waals surface area contributed by atoms with Crippen LogP contribution in [-0.2, 0) is 11.3 Å². The third-order valence-electron chi connectivity index (χ3n) is 4.85. The van der Waals surface area contributed by atoms with Crippen molar-refractivity contribution in [2.45, 2.75) is 32.7 Å². The van der Waals surface area contributed by atoms with Crippen LogP contribution in [0.2, 0.25) is 0 Å². The molecule has 0 bridgehead atoms. The van der Waals surface area contributed by atoms with Crippen LogP contribution in [0.3, 0.4) is 0 Å². The molecule has 1 aliphatic rings. The van der Waals surface area contributed by atoms with Crippen molar-refractivity contribution >= 4 is 5.91 Å². The SMILES string of the molecule is Cc1cccc(CN2CC(c3noc(-c4ccccc4C)n3)CC2=O)c1. The van der Waals surface area contributed by atoms with Crippen molar-refractivity contribution in [3.8, 4) is 11.5 Å².